The molecule has 0 aliphatic heterocycles. The fraction of sp³-hybridized carbons (Fsp3) is 0.146. The number of hydrogen-bond donors (Lipinski definition) is 16. The van der Waals surface area contributed by atoms with E-state index in [1.54, 1.807) is 0 Å². The van der Waals surface area contributed by atoms with Gasteiger partial charge in [-0.15, -0.1) is 0 Å². The highest BCUT2D eigenvalue weighted by molar-refractivity contribution is 5.94. The molecule has 0 heterocycles. The second kappa shape index (κ2) is 19.4. The van der Waals surface area contributed by atoms with Crippen LogP contribution in [0.1, 0.15) is 51.8 Å². The van der Waals surface area contributed by atoms with E-state index in [0.29, 0.717) is 60.7 Å². The summed E-state index contributed by atoms with van der Waals surface area (Å²) in [6, 6.07) is 5.33. The maximum atomic E-state index is 13.9. The summed E-state index contributed by atoms with van der Waals surface area (Å²) in [6.07, 6.45) is -10.5. The molecule has 0 amide bonds. The summed E-state index contributed by atoms with van der Waals surface area (Å²) in [7, 11) is 0. The monoisotopic (exact) mass is 942 g/mol. The highest BCUT2D eigenvalue weighted by Crippen LogP contribution is 2.40. The minimum absolute atomic E-state index is 0.491. The number of phenolic OH excluding ortho intramolecular Hbond substituents is 15. The molecule has 0 radical (unpaired) electrons. The van der Waals surface area contributed by atoms with Crippen molar-refractivity contribution in [3.63, 3.8) is 0 Å². The van der Waals surface area contributed by atoms with Gasteiger partial charge in [-0.1, -0.05) is 0 Å². The maximum Gasteiger partial charge on any atom is 0.338 e. The molecule has 0 spiro atoms. The van der Waals surface area contributed by atoms with Gasteiger partial charge in [-0.2, -0.15) is 0 Å². The molecule has 0 aliphatic rings. The van der Waals surface area contributed by atoms with Gasteiger partial charge >= 0.3 is 29.8 Å². The summed E-state index contributed by atoms with van der Waals surface area (Å²) in [5, 5.41) is 161. The third kappa shape index (κ3) is 10.8. The molecule has 4 atom stereocenters. The molecular formula is C41H34O26. The van der Waals surface area contributed by atoms with Gasteiger partial charge in [-0.3, -0.25) is 0 Å². The lowest BCUT2D eigenvalue weighted by molar-refractivity contribution is -0.136. The Morgan fingerprint density at radius 2 is 0.552 bits per heavy atom. The van der Waals surface area contributed by atoms with Crippen molar-refractivity contribution >= 4 is 29.8 Å². The Labute approximate surface area is 371 Å². The van der Waals surface area contributed by atoms with E-state index in [2.05, 4.69) is 0 Å². The third-order valence-corrected chi connectivity index (χ3v) is 9.10. The lowest BCUT2D eigenvalue weighted by Gasteiger charge is -2.34. The molecule has 26 heteroatoms. The van der Waals surface area contributed by atoms with Crippen LogP contribution in [0.2, 0.25) is 0 Å². The molecular weight excluding hydrogens is 908 g/mol. The van der Waals surface area contributed by atoms with E-state index in [1.807, 2.05) is 0 Å². The molecule has 0 aromatic heterocycles. The number of phenols is 15. The predicted octanol–water partition coefficient (Wildman–Crippen LogP) is 1.32. The molecule has 67 heavy (non-hydrogen) atoms. The van der Waals surface area contributed by atoms with Gasteiger partial charge in [0.2, 0.25) is 0 Å². The van der Waals surface area contributed by atoms with Crippen LogP contribution < -0.4 is 0 Å². The van der Waals surface area contributed by atoms with Crippen molar-refractivity contribution in [2.45, 2.75) is 24.4 Å². The molecule has 16 N–H and O–H groups in total. The molecule has 5 aromatic rings. The van der Waals surface area contributed by atoms with Crippen molar-refractivity contribution in [1.29, 1.82) is 0 Å². The van der Waals surface area contributed by atoms with Crippen molar-refractivity contribution in [2.24, 2.45) is 0 Å². The fourth-order valence-corrected chi connectivity index (χ4v) is 5.69. The second-order valence-corrected chi connectivity index (χ2v) is 13.8. The number of benzene rings is 5. The number of aliphatic hydroxyl groups is 1. The summed E-state index contributed by atoms with van der Waals surface area (Å²) in [6.45, 7) is -2.87. The van der Waals surface area contributed by atoms with Gasteiger partial charge < -0.3 is 105 Å². The molecule has 5 aromatic carbocycles. The van der Waals surface area contributed by atoms with Gasteiger partial charge in [0, 0.05) is 0 Å². The van der Waals surface area contributed by atoms with Gasteiger partial charge in [0.1, 0.15) is 19.3 Å². The van der Waals surface area contributed by atoms with Gasteiger partial charge in [-0.05, 0) is 60.7 Å². The molecule has 5 rings (SSSR count). The first-order chi connectivity index (χ1) is 31.4. The first kappa shape index (κ1) is 48.4. The first-order valence-corrected chi connectivity index (χ1v) is 18.3. The van der Waals surface area contributed by atoms with E-state index in [1.165, 1.54) is 0 Å². The molecule has 0 aliphatic carbocycles. The average Bonchev–Trinajstić information content (AvgIpc) is 3.27. The van der Waals surface area contributed by atoms with Crippen molar-refractivity contribution < 1.29 is 129 Å². The largest absolute Gasteiger partial charge is 0.504 e. The highest BCUT2D eigenvalue weighted by atomic mass is 16.6. The van der Waals surface area contributed by atoms with Crippen molar-refractivity contribution in [3.8, 4) is 86.2 Å². The molecule has 26 nitrogen and oxygen atoms in total. The summed E-state index contributed by atoms with van der Waals surface area (Å²) in [4.78, 5) is 67.7. The zero-order chi connectivity index (χ0) is 49.8. The fourth-order valence-electron chi connectivity index (χ4n) is 5.69. The number of hydrogen-bond acceptors (Lipinski definition) is 26. The van der Waals surface area contributed by atoms with Crippen LogP contribution >= 0.6 is 0 Å². The predicted molar refractivity (Wildman–Crippen MR) is 211 cm³/mol. The van der Waals surface area contributed by atoms with Crippen LogP contribution in [0, 0.1) is 0 Å². The van der Waals surface area contributed by atoms with Crippen LogP contribution in [0.5, 0.6) is 86.2 Å². The van der Waals surface area contributed by atoms with Crippen molar-refractivity contribution in [2.75, 3.05) is 13.2 Å². The molecule has 0 unspecified atom stereocenters. The highest BCUT2D eigenvalue weighted by Gasteiger charge is 2.45. The van der Waals surface area contributed by atoms with Gasteiger partial charge in [-0.25, -0.2) is 24.0 Å². The van der Waals surface area contributed by atoms with E-state index < -0.39 is 182 Å². The lowest BCUT2D eigenvalue weighted by atomic mass is 10.0. The topological polar surface area (TPSA) is 455 Å². The number of rotatable bonds is 15. The van der Waals surface area contributed by atoms with E-state index in [9.17, 15) is 106 Å². The molecule has 0 bridgehead atoms. The Kier molecular flexibility index (Phi) is 14.0. The number of carbonyl (C=O) groups is 5. The standard InChI is InChI=1S/C41H34O26/c42-18-1-13(2-19(43)30(18)53)37(58)63-11-28(52)35(66-40(61)16-7-24(48)33(56)25(49)8-16)36(67-41(62)17-9-26(50)34(57)27(51)10-17)29(65-39(60)15-5-22(46)32(55)23(47)6-15)12-64-38(59)14-3-20(44)31(54)21(45)4-14/h1-10,28-29,35-36,42-57H,11-12H2/t28-,29+,35-,36-/m1/s1. The van der Waals surface area contributed by atoms with Crippen LogP contribution in [0.4, 0.5) is 0 Å². The average molecular weight is 943 g/mol. The Morgan fingerprint density at radius 3 is 0.836 bits per heavy atom. The number of esters is 5. The summed E-state index contributed by atoms with van der Waals surface area (Å²) in [5.74, 6) is -24.9. The van der Waals surface area contributed by atoms with E-state index in [4.69, 9.17) is 23.7 Å². The maximum absolute atomic E-state index is 13.9. The SMILES string of the molecule is O=C(OC[C@@H](O)[C@@H](OC(=O)c1cc(O)c(O)c(O)c1)[C@H](OC(=O)c1cc(O)c(O)c(O)c1)[C@H](COC(=O)c1cc(O)c(O)c(O)c1)OC(=O)c1cc(O)c(O)c(O)c1)c1cc(O)c(O)c(O)c1. The van der Waals surface area contributed by atoms with Crippen LogP contribution in [0.15, 0.2) is 60.7 Å². The van der Waals surface area contributed by atoms with E-state index >= 15 is 0 Å². The minimum Gasteiger partial charge on any atom is -0.504 e. The van der Waals surface area contributed by atoms with Crippen molar-refractivity contribution in [3.05, 3.63) is 88.5 Å². The smallest absolute Gasteiger partial charge is 0.338 e. The number of carbonyl (C=O) groups excluding carboxylic acids is 5. The zero-order valence-electron chi connectivity index (χ0n) is 33.2. The van der Waals surface area contributed by atoms with Gasteiger partial charge in [0.05, 0.1) is 27.8 Å². The van der Waals surface area contributed by atoms with Crippen LogP contribution in [0.25, 0.3) is 0 Å². The third-order valence-electron chi connectivity index (χ3n) is 9.10. The van der Waals surface area contributed by atoms with Gasteiger partial charge in [0.15, 0.2) is 105 Å². The second-order valence-electron chi connectivity index (χ2n) is 13.8. The van der Waals surface area contributed by atoms with Crippen LogP contribution in [-0.2, 0) is 23.7 Å². The number of ether oxygens (including phenoxy) is 5. The Bertz CT molecular complexity index is 2670. The molecule has 0 fully saturated rings. The van der Waals surface area contributed by atoms with Gasteiger partial charge in [0.25, 0.3) is 0 Å². The normalized spacial score (nSPS) is 12.7. The first-order valence-electron chi connectivity index (χ1n) is 18.3. The molecule has 354 valence electrons. The van der Waals surface area contributed by atoms with Crippen molar-refractivity contribution in [1.82, 2.24) is 0 Å². The Morgan fingerprint density at radius 1 is 0.328 bits per heavy atom. The zero-order valence-corrected chi connectivity index (χ0v) is 33.2. The van der Waals surface area contributed by atoms with E-state index in [0.717, 1.165) is 0 Å². The quantitative estimate of drug-likeness (QED) is 0.0400. The van der Waals surface area contributed by atoms with Crippen LogP contribution in [-0.4, -0.2) is 149 Å². The summed E-state index contributed by atoms with van der Waals surface area (Å²) >= 11 is 0. The Hall–Kier alpha value is -9.59. The number of aromatic hydroxyl groups is 15. The molecule has 0 saturated heterocycles. The Balaban J connectivity index is 1.68. The minimum atomic E-state index is -2.71. The summed E-state index contributed by atoms with van der Waals surface area (Å²) < 4.78 is 26.6. The number of aliphatic hydroxyl groups excluding tert-OH is 1. The lowest BCUT2D eigenvalue weighted by Crippen LogP contribution is -2.53. The van der Waals surface area contributed by atoms with E-state index in [-0.39, 0.29) is 0 Å². The summed E-state index contributed by atoms with van der Waals surface area (Å²) in [5.41, 5.74) is -4.01. The molecule has 0 saturated carbocycles. The van der Waals surface area contributed by atoms with Crippen LogP contribution in [0.3, 0.4) is 0 Å².